The average Bonchev–Trinajstić information content (AvgIpc) is 0.773. The van der Waals surface area contributed by atoms with Gasteiger partial charge in [-0.05, 0) is 226 Å². The van der Waals surface area contributed by atoms with Gasteiger partial charge in [0.15, 0.2) is 63.5 Å². The first-order valence-corrected chi connectivity index (χ1v) is 40.0. The number of aromatic amines is 1. The minimum atomic E-state index is -1.83. The number of rotatable bonds is 18. The summed E-state index contributed by atoms with van der Waals surface area (Å²) >= 11 is 5.22. The number of hydrogen-bond acceptors (Lipinski definition) is 25. The number of hydrogen-bond donors (Lipinski definition) is 5. The van der Waals surface area contributed by atoms with Crippen molar-refractivity contribution in [3.8, 4) is 68.2 Å². The predicted octanol–water partition coefficient (Wildman–Crippen LogP) is 6.28. The minimum Gasteiger partial charge on any atom is -1.00 e. The number of aliphatic hydroxyl groups excluding tert-OH is 1. The van der Waals surface area contributed by atoms with Crippen LogP contribution in [0.1, 0.15) is 116 Å². The molecule has 0 spiro atoms. The molecule has 3 fully saturated rings. The van der Waals surface area contributed by atoms with E-state index in [0.717, 1.165) is 111 Å². The topological polar surface area (TPSA) is 376 Å². The van der Waals surface area contributed by atoms with Gasteiger partial charge < -0.3 is 55.8 Å². The van der Waals surface area contributed by atoms with Crippen LogP contribution in [0.25, 0.3) is 66.4 Å². The molecule has 0 amide bonds. The normalized spacial score (nSPS) is 14.4. The van der Waals surface area contributed by atoms with Gasteiger partial charge in [-0.25, -0.2) is 68.1 Å². The third-order valence-corrected chi connectivity index (χ3v) is 19.9. The molecule has 29 nitrogen and oxygen atoms in total. The number of aromatic nitrogens is 12. The molecule has 127 heavy (non-hydrogen) atoms. The summed E-state index contributed by atoms with van der Waals surface area (Å²) in [6, 6.07) is 46.2. The molecule has 3 aliphatic heterocycles. The van der Waals surface area contributed by atoms with Gasteiger partial charge in [-0.3, -0.25) is 19.2 Å². The fourth-order valence-corrected chi connectivity index (χ4v) is 12.5. The van der Waals surface area contributed by atoms with E-state index in [4.69, 9.17) is 63.4 Å². The fraction of sp³-hybridized carbons (Fsp3) is 0.293. The molecule has 3 aliphatic rings. The second kappa shape index (κ2) is 55.4. The second-order valence-corrected chi connectivity index (χ2v) is 29.5. The van der Waals surface area contributed by atoms with Gasteiger partial charge in [0.25, 0.3) is 11.1 Å². The number of carbonyl (C=O) groups excluding carboxylic acids is 3. The van der Waals surface area contributed by atoms with Crippen LogP contribution in [0.15, 0.2) is 229 Å². The quantitative estimate of drug-likeness (QED) is 0.0207. The number of piperidine rings is 3. The largest absolute Gasteiger partial charge is 1.00 e. The maximum atomic E-state index is 12.8. The summed E-state index contributed by atoms with van der Waals surface area (Å²) in [5.74, 6) is 3.42. The Kier molecular flexibility index (Phi) is 43.4. The van der Waals surface area contributed by atoms with E-state index >= 15 is 0 Å². The summed E-state index contributed by atoms with van der Waals surface area (Å²) in [7, 11) is 4.92. The van der Waals surface area contributed by atoms with Gasteiger partial charge in [0.2, 0.25) is 5.28 Å². The Labute approximate surface area is 791 Å². The standard InChI is InChI=1S/C30H30N6O2.C19H25N3O2.C12H9FN2O.C11H7N3O.C8H9BO3.C7H15NO.C4H2ClFN2.CH2O2.2Na.H/c1-21(36-29(37)11-10-28(34-36)24-7-5-9-26(17-24)31-2)23-6-4-8-25(16-23)30-32-18-27(19-33-30)38-20-22-12-14-35(3)15-13-22;1-14(23)16-4-3-5-17(10-16)19-20-11-18(12-21-19)24-13-15-6-8-22(2)9-7-15;1-8(16)9-3-2-4-10(5-9)12-14-6-11(13)7-15-12;1-12-9-4-2-3-8(7-9)10-5-6-11(15)14-13-10;1-6(10)7-3-2-4-8(5-7)9(11)12;1-8-4-2-7(6-9)3-5-8;5-4-7-1-3(6)2-8-4;2-1-3;;;/h4-11,16-19,21-22H,12-15,20H2,1,3H3;3-5,10-12,14-15,23H,6-9,13H2,1-2H3;2-7H,1H3;2-7H,(H,14,15);2-5,11-12H,1H3;7,9H,2-6H2,1H3;1-2H;1H,(H,2,3);;;/q;;;;;;;;2*+1;-1/p-1/t21-;14-;;;;;;;;;/m00........./s1/i21D;14D;;;;;;1D;;;. The van der Waals surface area contributed by atoms with Gasteiger partial charge in [-0.2, -0.15) is 10.2 Å². The van der Waals surface area contributed by atoms with E-state index in [1.165, 1.54) is 51.8 Å². The van der Waals surface area contributed by atoms with E-state index in [-0.39, 0.29) is 83.0 Å². The number of ketones is 2. The summed E-state index contributed by atoms with van der Waals surface area (Å²) < 4.78 is 59.7. The second-order valence-electron chi connectivity index (χ2n) is 29.1. The van der Waals surface area contributed by atoms with E-state index < -0.39 is 42.9 Å². The van der Waals surface area contributed by atoms with Crippen molar-refractivity contribution in [3.05, 3.63) is 302 Å². The monoisotopic (exact) mass is 1770 g/mol. The zero-order valence-electron chi connectivity index (χ0n) is 76.0. The van der Waals surface area contributed by atoms with Crippen LogP contribution in [0.3, 0.4) is 0 Å². The molecular formula is C92H99BClF2N17Na2O12. The van der Waals surface area contributed by atoms with Crippen LogP contribution in [0.4, 0.5) is 20.2 Å². The summed E-state index contributed by atoms with van der Waals surface area (Å²) in [6.45, 7) is 28.6. The molecule has 12 aromatic rings. The molecule has 5 N–H and O–H groups in total. The van der Waals surface area contributed by atoms with Crippen molar-refractivity contribution in [1.29, 1.82) is 0 Å². The van der Waals surface area contributed by atoms with Crippen molar-refractivity contribution in [2.24, 2.45) is 17.8 Å². The molecule has 650 valence electrons. The van der Waals surface area contributed by atoms with Crippen molar-refractivity contribution in [2.45, 2.75) is 78.3 Å². The molecule has 0 bridgehead atoms. The first-order chi connectivity index (χ1) is 61.2. The van der Waals surface area contributed by atoms with Crippen LogP contribution in [0.5, 0.6) is 11.5 Å². The number of H-pyrrole nitrogens is 1. The number of aliphatic hydroxyl groups is 2. The molecule has 0 saturated carbocycles. The molecule has 6 aromatic carbocycles. The Morgan fingerprint density at radius 2 is 0.961 bits per heavy atom. The van der Waals surface area contributed by atoms with Gasteiger partial charge in [-0.1, -0.05) is 115 Å². The van der Waals surface area contributed by atoms with Crippen LogP contribution in [0.2, 0.25) is 5.28 Å². The van der Waals surface area contributed by atoms with Crippen molar-refractivity contribution < 1.29 is 123 Å². The third kappa shape index (κ3) is 35.8. The maximum absolute atomic E-state index is 12.8. The number of carboxylic acid groups (broad SMARTS) is 1. The third-order valence-electron chi connectivity index (χ3n) is 19.7. The van der Waals surface area contributed by atoms with E-state index in [2.05, 4.69) is 101 Å². The van der Waals surface area contributed by atoms with E-state index in [1.54, 1.807) is 147 Å². The van der Waals surface area contributed by atoms with Gasteiger partial charge in [-0.15, -0.1) is 0 Å². The van der Waals surface area contributed by atoms with Gasteiger partial charge in [0.1, 0.15) is 0 Å². The molecule has 6 aromatic heterocycles. The fourth-order valence-electron chi connectivity index (χ4n) is 12.4. The van der Waals surface area contributed by atoms with Crippen molar-refractivity contribution in [1.82, 2.24) is 74.5 Å². The number of carbonyl (C=O) groups is 3. The Morgan fingerprint density at radius 1 is 0.575 bits per heavy atom. The van der Waals surface area contributed by atoms with Gasteiger partial charge in [0, 0.05) is 53.0 Å². The summed E-state index contributed by atoms with van der Waals surface area (Å²) in [5.41, 5.74) is 7.76. The molecule has 0 unspecified atom stereocenters. The van der Waals surface area contributed by atoms with Crippen LogP contribution < -0.4 is 90.3 Å². The van der Waals surface area contributed by atoms with Crippen molar-refractivity contribution in [2.75, 3.05) is 80.2 Å². The SMILES string of the molecule is CC(=O)c1cccc(-c2ncc(F)cn2)c1.CC(=O)c1cccc(B(O)O)c1.CN1CCC(CO)CC1.Fc1cnc(Cl)nc1.[2H]C(=O)[O-].[2H][C@@](C)(O)c1cccc(-c2ncc(OCC3CCN(C)CC3)cn2)c1.[2H][C@](C)(c1cccc(-c2ncc(OCC3CCN(C)CC3)cn2)c1)n1nc(-c2cccc([N+]#[C-])c2)ccc1=O.[C-]#[N+]c1cccc(-c2ccc(=O)[nH]n2)c1.[H-].[Na+].[Na+]. The zero-order valence-corrected chi connectivity index (χ0v) is 76.8. The molecule has 35 heteroatoms. The summed E-state index contributed by atoms with van der Waals surface area (Å²) in [5, 5.41) is 55.5. The van der Waals surface area contributed by atoms with Crippen molar-refractivity contribution >= 4 is 53.6 Å². The molecule has 9 heterocycles. The Bertz CT molecular complexity index is 5760. The van der Waals surface area contributed by atoms with Crippen molar-refractivity contribution in [3.63, 3.8) is 0 Å². The Balaban J connectivity index is 0.000000286. The number of likely N-dealkylation sites (tertiary alicyclic amines) is 3. The predicted molar refractivity (Wildman–Crippen MR) is 473 cm³/mol. The first kappa shape index (κ1) is 99.5. The number of ether oxygens (including phenoxy) is 2. The van der Waals surface area contributed by atoms with Crippen LogP contribution in [0, 0.1) is 42.5 Å². The number of benzene rings is 6. The van der Waals surface area contributed by atoms with Crippen LogP contribution in [-0.2, 0) is 4.79 Å². The van der Waals surface area contributed by atoms with Crippen LogP contribution in [-0.4, -0.2) is 200 Å². The Morgan fingerprint density at radius 3 is 1.39 bits per heavy atom. The van der Waals surface area contributed by atoms with Gasteiger partial charge >= 0.3 is 66.2 Å². The molecule has 0 aliphatic carbocycles. The average molecular weight is 1770 g/mol. The molecule has 0 radical (unpaired) electrons. The number of halogens is 3. The first-order valence-electron chi connectivity index (χ1n) is 41.2. The summed E-state index contributed by atoms with van der Waals surface area (Å²) in [6.07, 6.45) is 14.4. The molecule has 3 saturated heterocycles. The molecular weight excluding hydrogens is 1670 g/mol. The van der Waals surface area contributed by atoms with Crippen LogP contribution >= 0.6 is 11.6 Å². The van der Waals surface area contributed by atoms with E-state index in [1.807, 2.05) is 36.4 Å². The number of nitrogens with one attached hydrogen (secondary N) is 1. The summed E-state index contributed by atoms with van der Waals surface area (Å²) in [4.78, 5) is 100. The van der Waals surface area contributed by atoms with Gasteiger partial charge in [0.05, 0.1) is 104 Å². The smallest absolute Gasteiger partial charge is 1.00 e. The van der Waals surface area contributed by atoms with E-state index in [0.29, 0.717) is 128 Å². The Hall–Kier alpha value is -11.3. The van der Waals surface area contributed by atoms with E-state index in [9.17, 15) is 33.1 Å². The maximum Gasteiger partial charge on any atom is 1.00 e. The minimum absolute atomic E-state index is 0. The zero-order chi connectivity index (χ0) is 92.9. The molecule has 15 rings (SSSR count). The number of nitrogens with zero attached hydrogens (tertiary/aromatic N) is 16. The molecule has 2 atom stereocenters. The number of Topliss-reactive ketones (excluding diaryl/α,β-unsaturated/α-hetero) is 2.